The lowest BCUT2D eigenvalue weighted by Gasteiger charge is -2.19. The van der Waals surface area contributed by atoms with Gasteiger partial charge in [-0.1, -0.05) is 65.8 Å². The van der Waals surface area contributed by atoms with E-state index in [4.69, 9.17) is 14.2 Å². The van der Waals surface area contributed by atoms with Crippen molar-refractivity contribution in [1.29, 1.82) is 0 Å². The van der Waals surface area contributed by atoms with Gasteiger partial charge in [0.15, 0.2) is 5.52 Å². The molecule has 2 rings (SSSR count). The second-order valence-electron chi connectivity index (χ2n) is 9.87. The molecule has 0 heterocycles. The van der Waals surface area contributed by atoms with E-state index in [0.717, 1.165) is 24.6 Å². The van der Waals surface area contributed by atoms with Crippen molar-refractivity contribution in [3.8, 4) is 23.0 Å². The van der Waals surface area contributed by atoms with Crippen molar-refractivity contribution in [2.24, 2.45) is 17.8 Å². The second-order valence-corrected chi connectivity index (χ2v) is 11.1. The van der Waals surface area contributed by atoms with Gasteiger partial charge in [-0.3, -0.25) is 4.79 Å². The van der Waals surface area contributed by atoms with Crippen molar-refractivity contribution < 1.29 is 24.1 Å². The molecule has 0 N–H and O–H groups in total. The monoisotopic (exact) mass is 487 g/mol. The molecular weight excluding hydrogens is 447 g/mol. The fourth-order valence-corrected chi connectivity index (χ4v) is 4.09. The molecule has 0 fully saturated rings. The lowest BCUT2D eigenvalue weighted by molar-refractivity contribution is -0.268. The molecule has 0 aromatic heterocycles. The number of carbonyl (C=O) groups excluding carboxylic acids is 1. The van der Waals surface area contributed by atoms with E-state index < -0.39 is 0 Å². The molecule has 5 nitrogen and oxygen atoms in total. The first kappa shape index (κ1) is 28.0. The predicted octanol–water partition coefficient (Wildman–Crippen LogP) is 6.18. The van der Waals surface area contributed by atoms with E-state index in [2.05, 4.69) is 41.5 Å². The van der Waals surface area contributed by atoms with Crippen LogP contribution in [0.5, 0.6) is 23.0 Å². The average Bonchev–Trinajstić information content (AvgIpc) is 2.75. The van der Waals surface area contributed by atoms with E-state index in [1.807, 2.05) is 12.1 Å². The Morgan fingerprint density at radius 1 is 0.765 bits per heavy atom. The third-order valence-electron chi connectivity index (χ3n) is 5.26. The van der Waals surface area contributed by atoms with Gasteiger partial charge in [-0.25, -0.2) is 0 Å². The van der Waals surface area contributed by atoms with Gasteiger partial charge in [0, 0.05) is 17.7 Å². The largest absolute Gasteiger partial charge is 0.872 e. The molecule has 34 heavy (non-hydrogen) atoms. The smallest absolute Gasteiger partial charge is 0.185 e. The zero-order valence-corrected chi connectivity index (χ0v) is 22.5. The third-order valence-corrected chi connectivity index (χ3v) is 6.52. The van der Waals surface area contributed by atoms with Gasteiger partial charge in [0.05, 0.1) is 25.1 Å². The summed E-state index contributed by atoms with van der Waals surface area (Å²) < 4.78 is 18.4. The van der Waals surface area contributed by atoms with E-state index >= 15 is 0 Å². The van der Waals surface area contributed by atoms with Gasteiger partial charge in [0.25, 0.3) is 0 Å². The third kappa shape index (κ3) is 9.93. The molecule has 1 unspecified atom stereocenters. The van der Waals surface area contributed by atoms with Crippen molar-refractivity contribution in [3.63, 3.8) is 0 Å². The van der Waals surface area contributed by atoms with E-state index in [1.54, 1.807) is 12.1 Å². The lowest BCUT2D eigenvalue weighted by Crippen LogP contribution is -2.15. The summed E-state index contributed by atoms with van der Waals surface area (Å²) in [6.07, 6.45) is 2.76. The van der Waals surface area contributed by atoms with E-state index in [9.17, 15) is 9.90 Å². The molecule has 0 aliphatic rings. The summed E-state index contributed by atoms with van der Waals surface area (Å²) in [5.41, 5.74) is 0.451. The molecule has 2 aromatic carbocycles. The van der Waals surface area contributed by atoms with Crippen LogP contribution in [0.15, 0.2) is 36.4 Å². The highest BCUT2D eigenvalue weighted by molar-refractivity contribution is 7.66. The Labute approximate surface area is 207 Å². The zero-order valence-electron chi connectivity index (χ0n) is 21.5. The Morgan fingerprint density at radius 3 is 1.65 bits per heavy atom. The Balaban J connectivity index is 2.37. The summed E-state index contributed by atoms with van der Waals surface area (Å²) in [5, 5.41) is 12.2. The van der Waals surface area contributed by atoms with Crippen LogP contribution in [0.2, 0.25) is 0 Å². The summed E-state index contributed by atoms with van der Waals surface area (Å²) in [6, 6.07) is 9.77. The average molecular weight is 488 g/mol. The van der Waals surface area contributed by atoms with Gasteiger partial charge in [0.2, 0.25) is 0 Å². The molecular formula is C28H40O5P-. The van der Waals surface area contributed by atoms with Gasteiger partial charge in [0.1, 0.15) is 17.2 Å². The van der Waals surface area contributed by atoms with E-state index in [0.29, 0.717) is 60.4 Å². The summed E-state index contributed by atoms with van der Waals surface area (Å²) in [6.45, 7) is 14.7. The highest BCUT2D eigenvalue weighted by Crippen LogP contribution is 2.35. The molecule has 0 amide bonds. The molecule has 2 aromatic rings. The van der Waals surface area contributed by atoms with Crippen LogP contribution >= 0.6 is 8.58 Å². The number of carbonyl (C=O) groups is 1. The minimum atomic E-state index is -0.190. The van der Waals surface area contributed by atoms with Gasteiger partial charge < -0.3 is 19.3 Å². The maximum atomic E-state index is 13.1. The number of benzene rings is 2. The fourth-order valence-electron chi connectivity index (χ4n) is 3.01. The van der Waals surface area contributed by atoms with Crippen LogP contribution in [0, 0.1) is 17.8 Å². The maximum Gasteiger partial charge on any atom is 0.185 e. The van der Waals surface area contributed by atoms with Crippen molar-refractivity contribution in [2.45, 2.75) is 60.8 Å². The van der Waals surface area contributed by atoms with Crippen LogP contribution in [-0.4, -0.2) is 25.3 Å². The first-order valence-corrected chi connectivity index (χ1v) is 13.3. The van der Waals surface area contributed by atoms with Crippen molar-refractivity contribution in [1.82, 2.24) is 0 Å². The Hall–Kier alpha value is -2.26. The minimum Gasteiger partial charge on any atom is -0.872 e. The van der Waals surface area contributed by atoms with Crippen LogP contribution < -0.4 is 24.6 Å². The number of rotatable bonds is 15. The summed E-state index contributed by atoms with van der Waals surface area (Å²) >= 11 is 0. The zero-order chi connectivity index (χ0) is 25.1. The van der Waals surface area contributed by atoms with E-state index in [1.165, 1.54) is 12.1 Å². The number of hydrogen-bond donors (Lipinski definition) is 0. The molecule has 0 saturated heterocycles. The summed E-state index contributed by atoms with van der Waals surface area (Å²) in [4.78, 5) is 13.1. The second kappa shape index (κ2) is 14.2. The molecule has 6 heteroatoms. The number of ether oxygens (including phenoxy) is 3. The maximum absolute atomic E-state index is 13.1. The van der Waals surface area contributed by atoms with Crippen LogP contribution in [0.25, 0.3) is 0 Å². The van der Waals surface area contributed by atoms with Gasteiger partial charge >= 0.3 is 0 Å². The minimum absolute atomic E-state index is 0.0594. The molecule has 0 spiro atoms. The first-order valence-electron chi connectivity index (χ1n) is 12.3. The van der Waals surface area contributed by atoms with Crippen molar-refractivity contribution in [2.75, 3.05) is 19.8 Å². The Bertz CT molecular complexity index is 855. The first-order chi connectivity index (χ1) is 16.2. The Morgan fingerprint density at radius 2 is 1.21 bits per heavy atom. The highest BCUT2D eigenvalue weighted by Gasteiger charge is 2.19. The molecule has 0 bridgehead atoms. The molecule has 0 saturated carbocycles. The summed E-state index contributed by atoms with van der Waals surface area (Å²) in [7, 11) is -0.190. The van der Waals surface area contributed by atoms with Crippen molar-refractivity contribution in [3.05, 3.63) is 42.0 Å². The predicted molar refractivity (Wildman–Crippen MR) is 139 cm³/mol. The number of hydrogen-bond acceptors (Lipinski definition) is 5. The molecule has 188 valence electrons. The van der Waals surface area contributed by atoms with Crippen LogP contribution in [0.1, 0.15) is 71.2 Å². The van der Waals surface area contributed by atoms with Gasteiger partial charge in [-0.2, -0.15) is 0 Å². The molecule has 0 aliphatic carbocycles. The SMILES string of the molecule is CC(C)CCOc1cc(OCCC(C)C)c(PC(=O)c2ccc([O-])cc2)c(OCCC(C)C)c1. The topological polar surface area (TPSA) is 67.8 Å². The van der Waals surface area contributed by atoms with Gasteiger partial charge in [-0.15, -0.1) is 5.75 Å². The fraction of sp³-hybridized carbons (Fsp3) is 0.536. The quantitative estimate of drug-likeness (QED) is 0.281. The summed E-state index contributed by atoms with van der Waals surface area (Å²) in [5.74, 6) is 3.40. The van der Waals surface area contributed by atoms with E-state index in [-0.39, 0.29) is 19.9 Å². The Kier molecular flexibility index (Phi) is 11.7. The van der Waals surface area contributed by atoms with Crippen LogP contribution in [0.3, 0.4) is 0 Å². The van der Waals surface area contributed by atoms with Crippen LogP contribution in [0.4, 0.5) is 0 Å². The highest BCUT2D eigenvalue weighted by atomic mass is 31.1. The molecule has 0 aliphatic heterocycles. The van der Waals surface area contributed by atoms with Gasteiger partial charge in [-0.05, 0) is 45.6 Å². The normalized spacial score (nSPS) is 11.7. The lowest BCUT2D eigenvalue weighted by atomic mass is 10.1. The van der Waals surface area contributed by atoms with Crippen LogP contribution in [-0.2, 0) is 0 Å². The molecule has 1 atom stereocenters. The standard InChI is InChI=1S/C28H41O5P/c1-19(2)11-14-31-24-17-25(32-15-12-20(3)4)27(26(18-24)33-16-13-21(5)6)34-28(30)22-7-9-23(29)10-8-22/h7-10,17-21,29,34H,11-16H2,1-6H3/p-1. The van der Waals surface area contributed by atoms with Crippen molar-refractivity contribution >= 4 is 19.4 Å². The molecule has 0 radical (unpaired) electrons.